The minimum Gasteiger partial charge on any atom is -0.383 e. The summed E-state index contributed by atoms with van der Waals surface area (Å²) in [4.78, 5) is 18.9. The number of likely N-dealkylation sites (N-methyl/N-ethyl adjacent to an activating group) is 1. The molecular formula is C14H20ClN3O. The zero-order valence-electron chi connectivity index (χ0n) is 11.4. The molecule has 0 amide bonds. The highest BCUT2D eigenvalue weighted by molar-refractivity contribution is 6.31. The van der Waals surface area contributed by atoms with E-state index in [0.717, 1.165) is 25.7 Å². The topological polar surface area (TPSA) is 59.2 Å². The Balaban J connectivity index is 2.42. The third kappa shape index (κ3) is 2.60. The lowest BCUT2D eigenvalue weighted by Crippen LogP contribution is -2.52. The van der Waals surface area contributed by atoms with E-state index in [1.54, 1.807) is 6.07 Å². The Morgan fingerprint density at radius 3 is 2.58 bits per heavy atom. The molecule has 0 aromatic carbocycles. The maximum absolute atomic E-state index is 12.9. The summed E-state index contributed by atoms with van der Waals surface area (Å²) in [6.07, 6.45) is 6.52. The van der Waals surface area contributed by atoms with Crippen molar-refractivity contribution in [3.63, 3.8) is 0 Å². The van der Waals surface area contributed by atoms with Crippen molar-refractivity contribution >= 4 is 23.2 Å². The third-order valence-corrected chi connectivity index (χ3v) is 4.30. The van der Waals surface area contributed by atoms with Gasteiger partial charge in [0, 0.05) is 6.20 Å². The average molecular weight is 282 g/mol. The fourth-order valence-corrected chi connectivity index (χ4v) is 3.05. The molecule has 0 saturated heterocycles. The van der Waals surface area contributed by atoms with E-state index >= 15 is 0 Å². The molecule has 1 aliphatic rings. The van der Waals surface area contributed by atoms with E-state index in [-0.39, 0.29) is 11.6 Å². The second-order valence-corrected chi connectivity index (χ2v) is 5.84. The number of Topliss-reactive ketones (excluding diaryl/α,β-unsaturated/α-hetero) is 1. The van der Waals surface area contributed by atoms with Gasteiger partial charge in [0.2, 0.25) is 0 Å². The quantitative estimate of drug-likeness (QED) is 0.866. The molecule has 4 nitrogen and oxygen atoms in total. The van der Waals surface area contributed by atoms with Gasteiger partial charge in [-0.15, -0.1) is 0 Å². The molecule has 5 heteroatoms. The first-order valence-corrected chi connectivity index (χ1v) is 6.98. The molecule has 19 heavy (non-hydrogen) atoms. The summed E-state index contributed by atoms with van der Waals surface area (Å²) >= 11 is 5.94. The van der Waals surface area contributed by atoms with Gasteiger partial charge in [0.15, 0.2) is 5.78 Å². The van der Waals surface area contributed by atoms with Crippen LogP contribution in [0.3, 0.4) is 0 Å². The molecule has 0 atom stereocenters. The number of carbonyl (C=O) groups is 1. The van der Waals surface area contributed by atoms with Crippen molar-refractivity contribution in [2.24, 2.45) is 0 Å². The van der Waals surface area contributed by atoms with Crippen LogP contribution in [0, 0.1) is 0 Å². The van der Waals surface area contributed by atoms with Gasteiger partial charge in [-0.2, -0.15) is 0 Å². The SMILES string of the molecule is CN(C)C1(C(=O)c2cc(Cl)cnc2N)CCCCC1. The standard InChI is InChI=1S/C14H20ClN3O/c1-18(2)14(6-4-3-5-7-14)12(19)11-8-10(15)9-17-13(11)16/h8-9H,3-7H2,1-2H3,(H2,16,17). The van der Waals surface area contributed by atoms with Gasteiger partial charge in [0.25, 0.3) is 0 Å². The number of carbonyl (C=O) groups excluding carboxylic acids is 1. The van der Waals surface area contributed by atoms with Gasteiger partial charge < -0.3 is 5.73 Å². The number of anilines is 1. The number of ketones is 1. The lowest BCUT2D eigenvalue weighted by molar-refractivity contribution is 0.0564. The van der Waals surface area contributed by atoms with Crippen LogP contribution >= 0.6 is 11.6 Å². The van der Waals surface area contributed by atoms with E-state index < -0.39 is 5.54 Å². The first kappa shape index (κ1) is 14.3. The molecular weight excluding hydrogens is 262 g/mol. The van der Waals surface area contributed by atoms with Crippen molar-refractivity contribution in [2.45, 2.75) is 37.6 Å². The number of nitrogen functional groups attached to an aromatic ring is 1. The molecule has 0 unspecified atom stereocenters. The maximum Gasteiger partial charge on any atom is 0.186 e. The van der Waals surface area contributed by atoms with E-state index in [4.69, 9.17) is 17.3 Å². The minimum absolute atomic E-state index is 0.0460. The largest absolute Gasteiger partial charge is 0.383 e. The Hall–Kier alpha value is -1.13. The van der Waals surface area contributed by atoms with Crippen molar-refractivity contribution < 1.29 is 4.79 Å². The highest BCUT2D eigenvalue weighted by atomic mass is 35.5. The predicted molar refractivity (Wildman–Crippen MR) is 77.5 cm³/mol. The normalized spacial score (nSPS) is 18.5. The van der Waals surface area contributed by atoms with Gasteiger partial charge in [-0.25, -0.2) is 4.98 Å². The molecule has 104 valence electrons. The van der Waals surface area contributed by atoms with Crippen molar-refractivity contribution in [1.29, 1.82) is 0 Å². The van der Waals surface area contributed by atoms with Gasteiger partial charge in [-0.3, -0.25) is 9.69 Å². The molecule has 1 fully saturated rings. The van der Waals surface area contributed by atoms with Crippen LogP contribution in [-0.2, 0) is 0 Å². The second-order valence-electron chi connectivity index (χ2n) is 5.40. The molecule has 1 aromatic heterocycles. The zero-order valence-corrected chi connectivity index (χ0v) is 12.2. The Kier molecular flexibility index (Phi) is 4.11. The van der Waals surface area contributed by atoms with Crippen LogP contribution < -0.4 is 5.73 Å². The highest BCUT2D eigenvalue weighted by Crippen LogP contribution is 2.36. The number of nitrogens with zero attached hydrogens (tertiary/aromatic N) is 2. The summed E-state index contributed by atoms with van der Waals surface area (Å²) in [6, 6.07) is 1.63. The highest BCUT2D eigenvalue weighted by Gasteiger charge is 2.42. The Morgan fingerprint density at radius 2 is 2.00 bits per heavy atom. The number of nitrogens with two attached hydrogens (primary N) is 1. The van der Waals surface area contributed by atoms with Crippen LogP contribution in [0.15, 0.2) is 12.3 Å². The molecule has 0 radical (unpaired) electrons. The van der Waals surface area contributed by atoms with Crippen LogP contribution in [0.1, 0.15) is 42.5 Å². The predicted octanol–water partition coefficient (Wildman–Crippen LogP) is 2.76. The van der Waals surface area contributed by atoms with E-state index in [1.807, 2.05) is 19.0 Å². The molecule has 2 N–H and O–H groups in total. The van der Waals surface area contributed by atoms with Crippen molar-refractivity contribution in [3.8, 4) is 0 Å². The van der Waals surface area contributed by atoms with E-state index in [1.165, 1.54) is 12.6 Å². The molecule has 0 spiro atoms. The number of rotatable bonds is 3. The Morgan fingerprint density at radius 1 is 1.37 bits per heavy atom. The minimum atomic E-state index is -0.460. The number of hydrogen-bond acceptors (Lipinski definition) is 4. The van der Waals surface area contributed by atoms with E-state index in [0.29, 0.717) is 10.6 Å². The number of pyridine rings is 1. The summed E-state index contributed by atoms with van der Waals surface area (Å²) in [5, 5.41) is 0.447. The monoisotopic (exact) mass is 281 g/mol. The van der Waals surface area contributed by atoms with Crippen molar-refractivity contribution in [2.75, 3.05) is 19.8 Å². The van der Waals surface area contributed by atoms with Gasteiger partial charge >= 0.3 is 0 Å². The van der Waals surface area contributed by atoms with E-state index in [9.17, 15) is 4.79 Å². The van der Waals surface area contributed by atoms with Gasteiger partial charge in [0.1, 0.15) is 5.82 Å². The van der Waals surface area contributed by atoms with Crippen LogP contribution in [0.5, 0.6) is 0 Å². The molecule has 0 aliphatic heterocycles. The summed E-state index contributed by atoms with van der Waals surface area (Å²) in [5.74, 6) is 0.311. The summed E-state index contributed by atoms with van der Waals surface area (Å²) in [6.45, 7) is 0. The van der Waals surface area contributed by atoms with E-state index in [2.05, 4.69) is 4.98 Å². The smallest absolute Gasteiger partial charge is 0.186 e. The lowest BCUT2D eigenvalue weighted by atomic mass is 9.75. The molecule has 1 saturated carbocycles. The average Bonchev–Trinajstić information content (AvgIpc) is 2.41. The molecule has 1 heterocycles. The lowest BCUT2D eigenvalue weighted by Gasteiger charge is -2.41. The summed E-state index contributed by atoms with van der Waals surface area (Å²) in [5.41, 5.74) is 5.83. The van der Waals surface area contributed by atoms with Crippen molar-refractivity contribution in [1.82, 2.24) is 9.88 Å². The number of hydrogen-bond donors (Lipinski definition) is 1. The molecule has 1 aromatic rings. The molecule has 2 rings (SSSR count). The number of halogens is 1. The molecule has 0 bridgehead atoms. The Labute approximate surface area is 118 Å². The Bertz CT molecular complexity index is 482. The van der Waals surface area contributed by atoms with Gasteiger partial charge in [-0.1, -0.05) is 30.9 Å². The molecule has 1 aliphatic carbocycles. The fourth-order valence-electron chi connectivity index (χ4n) is 2.90. The summed E-state index contributed by atoms with van der Waals surface area (Å²) < 4.78 is 0. The van der Waals surface area contributed by atoms with Gasteiger partial charge in [-0.05, 0) is 33.0 Å². The van der Waals surface area contributed by atoms with Crippen LogP contribution in [-0.4, -0.2) is 35.3 Å². The first-order chi connectivity index (χ1) is 8.97. The van der Waals surface area contributed by atoms with Crippen LogP contribution in [0.25, 0.3) is 0 Å². The first-order valence-electron chi connectivity index (χ1n) is 6.60. The van der Waals surface area contributed by atoms with Crippen LogP contribution in [0.4, 0.5) is 5.82 Å². The van der Waals surface area contributed by atoms with Crippen LogP contribution in [0.2, 0.25) is 5.02 Å². The zero-order chi connectivity index (χ0) is 14.0. The van der Waals surface area contributed by atoms with Gasteiger partial charge in [0.05, 0.1) is 16.1 Å². The third-order valence-electron chi connectivity index (χ3n) is 4.09. The van der Waals surface area contributed by atoms with Crippen molar-refractivity contribution in [3.05, 3.63) is 22.8 Å². The maximum atomic E-state index is 12.9. The fraction of sp³-hybridized carbons (Fsp3) is 0.571. The second kappa shape index (κ2) is 5.47. The number of aromatic nitrogens is 1. The summed E-state index contributed by atoms with van der Waals surface area (Å²) in [7, 11) is 3.91.